The van der Waals surface area contributed by atoms with Crippen LogP contribution in [0.25, 0.3) is 0 Å². The van der Waals surface area contributed by atoms with Crippen molar-refractivity contribution in [3.8, 4) is 0 Å². The normalized spacial score (nSPS) is 11.9. The quantitative estimate of drug-likeness (QED) is 0.763. The molecule has 16 heavy (non-hydrogen) atoms. The molecule has 0 spiro atoms. The minimum absolute atomic E-state index is 0.108. The second-order valence-corrected chi connectivity index (χ2v) is 3.21. The number of esters is 1. The molecule has 6 nitrogen and oxygen atoms in total. The van der Waals surface area contributed by atoms with E-state index in [1.54, 1.807) is 20.8 Å². The van der Waals surface area contributed by atoms with E-state index in [0.717, 1.165) is 0 Å². The van der Waals surface area contributed by atoms with Crippen molar-refractivity contribution in [2.24, 2.45) is 0 Å². The summed E-state index contributed by atoms with van der Waals surface area (Å²) in [5.74, 6) is -0.847. The number of rotatable bonds is 4. The van der Waals surface area contributed by atoms with Crippen LogP contribution in [0.5, 0.6) is 0 Å². The zero-order valence-corrected chi connectivity index (χ0v) is 9.44. The predicted octanol–water partition coefficient (Wildman–Crippen LogP) is 0.664. The van der Waals surface area contributed by atoms with Crippen LogP contribution in [-0.2, 0) is 9.53 Å². The zero-order chi connectivity index (χ0) is 12.1. The lowest BCUT2D eigenvalue weighted by atomic mass is 10.3. The fraction of sp³-hybridized carbons (Fsp3) is 0.500. The monoisotopic (exact) mass is 226 g/mol. The number of nitrogens with zero attached hydrogens (tertiary/aromatic N) is 1. The summed E-state index contributed by atoms with van der Waals surface area (Å²) in [6.45, 7) is 5.17. The Labute approximate surface area is 93.0 Å². The Bertz CT molecular complexity index is 386. The first-order valence-corrected chi connectivity index (χ1v) is 4.93. The van der Waals surface area contributed by atoms with E-state index in [1.165, 1.54) is 6.39 Å². The summed E-state index contributed by atoms with van der Waals surface area (Å²) in [6.07, 6.45) is 1.18. The Balaban J connectivity index is 2.58. The molecule has 1 rings (SSSR count). The SMILES string of the molecule is CCOC(=O)C(C)NC(=O)c1ocnc1C. The van der Waals surface area contributed by atoms with Gasteiger partial charge < -0.3 is 14.5 Å². The standard InChI is InChI=1S/C10H14N2O4/c1-4-15-10(14)7(3)12-9(13)8-6(2)11-5-16-8/h5,7H,4H2,1-3H3,(H,12,13). The highest BCUT2D eigenvalue weighted by Crippen LogP contribution is 2.04. The van der Waals surface area contributed by atoms with Crippen LogP contribution in [0.3, 0.4) is 0 Å². The van der Waals surface area contributed by atoms with Crippen LogP contribution in [0.1, 0.15) is 30.1 Å². The first kappa shape index (κ1) is 12.2. The van der Waals surface area contributed by atoms with E-state index in [2.05, 4.69) is 10.3 Å². The lowest BCUT2D eigenvalue weighted by Gasteiger charge is -2.11. The molecule has 1 aromatic rings. The fourth-order valence-corrected chi connectivity index (χ4v) is 1.11. The molecule has 0 aliphatic carbocycles. The molecule has 1 N–H and O–H groups in total. The fourth-order valence-electron chi connectivity index (χ4n) is 1.11. The molecule has 0 saturated carbocycles. The van der Waals surface area contributed by atoms with Gasteiger partial charge in [-0.3, -0.25) is 4.79 Å². The third kappa shape index (κ3) is 2.82. The van der Waals surface area contributed by atoms with Crippen molar-refractivity contribution in [1.29, 1.82) is 0 Å². The van der Waals surface area contributed by atoms with Gasteiger partial charge in [0, 0.05) is 0 Å². The predicted molar refractivity (Wildman–Crippen MR) is 54.8 cm³/mol. The van der Waals surface area contributed by atoms with Crippen LogP contribution < -0.4 is 5.32 Å². The van der Waals surface area contributed by atoms with Crippen molar-refractivity contribution in [1.82, 2.24) is 10.3 Å². The van der Waals surface area contributed by atoms with Gasteiger partial charge in [0.05, 0.1) is 12.3 Å². The van der Waals surface area contributed by atoms with E-state index < -0.39 is 17.9 Å². The second kappa shape index (κ2) is 5.29. The van der Waals surface area contributed by atoms with E-state index in [0.29, 0.717) is 5.69 Å². The summed E-state index contributed by atoms with van der Waals surface area (Å²) in [5.41, 5.74) is 0.480. The number of aromatic nitrogens is 1. The minimum atomic E-state index is -0.711. The van der Waals surface area contributed by atoms with Gasteiger partial charge in [0.2, 0.25) is 5.76 Å². The molecular weight excluding hydrogens is 212 g/mol. The van der Waals surface area contributed by atoms with Crippen molar-refractivity contribution >= 4 is 11.9 Å². The topological polar surface area (TPSA) is 81.4 Å². The van der Waals surface area contributed by atoms with Gasteiger partial charge in [-0.1, -0.05) is 0 Å². The molecular formula is C10H14N2O4. The van der Waals surface area contributed by atoms with Gasteiger partial charge in [0.1, 0.15) is 6.04 Å². The molecule has 6 heteroatoms. The number of hydrogen-bond donors (Lipinski definition) is 1. The number of oxazole rings is 1. The summed E-state index contributed by atoms with van der Waals surface area (Å²) in [5, 5.41) is 2.46. The van der Waals surface area contributed by atoms with E-state index in [9.17, 15) is 9.59 Å². The Hall–Kier alpha value is -1.85. The third-order valence-electron chi connectivity index (χ3n) is 1.94. The van der Waals surface area contributed by atoms with E-state index in [1.807, 2.05) is 0 Å². The average Bonchev–Trinajstić information content (AvgIpc) is 2.64. The first-order chi connectivity index (χ1) is 7.56. The van der Waals surface area contributed by atoms with Crippen molar-refractivity contribution in [3.63, 3.8) is 0 Å². The first-order valence-electron chi connectivity index (χ1n) is 4.93. The lowest BCUT2D eigenvalue weighted by Crippen LogP contribution is -2.39. The number of amides is 1. The van der Waals surface area contributed by atoms with Gasteiger partial charge in [-0.15, -0.1) is 0 Å². The molecule has 1 atom stereocenters. The molecule has 88 valence electrons. The highest BCUT2D eigenvalue weighted by molar-refractivity contribution is 5.95. The van der Waals surface area contributed by atoms with Crippen molar-refractivity contribution in [3.05, 3.63) is 17.8 Å². The number of hydrogen-bond acceptors (Lipinski definition) is 5. The average molecular weight is 226 g/mol. The highest BCUT2D eigenvalue weighted by Gasteiger charge is 2.20. The van der Waals surface area contributed by atoms with E-state index in [4.69, 9.17) is 9.15 Å². The van der Waals surface area contributed by atoms with Gasteiger partial charge in [-0.25, -0.2) is 9.78 Å². The molecule has 1 aromatic heterocycles. The number of aryl methyl sites for hydroxylation is 1. The van der Waals surface area contributed by atoms with Crippen LogP contribution in [0.2, 0.25) is 0 Å². The van der Waals surface area contributed by atoms with Gasteiger partial charge in [-0.2, -0.15) is 0 Å². The van der Waals surface area contributed by atoms with Crippen LogP contribution in [0, 0.1) is 6.92 Å². The van der Waals surface area contributed by atoms with Gasteiger partial charge in [0.25, 0.3) is 5.91 Å². The highest BCUT2D eigenvalue weighted by atomic mass is 16.5. The molecule has 0 fully saturated rings. The Morgan fingerprint density at radius 1 is 1.62 bits per heavy atom. The molecule has 0 bridgehead atoms. The molecule has 1 amide bonds. The smallest absolute Gasteiger partial charge is 0.328 e. The molecule has 0 saturated heterocycles. The molecule has 0 aromatic carbocycles. The molecule has 1 unspecified atom stereocenters. The Kier molecular flexibility index (Phi) is 4.04. The maximum atomic E-state index is 11.6. The van der Waals surface area contributed by atoms with E-state index in [-0.39, 0.29) is 12.4 Å². The zero-order valence-electron chi connectivity index (χ0n) is 9.44. The van der Waals surface area contributed by atoms with Crippen LogP contribution in [0.4, 0.5) is 0 Å². The summed E-state index contributed by atoms with van der Waals surface area (Å²) < 4.78 is 9.64. The van der Waals surface area contributed by atoms with Crippen molar-refractivity contribution in [2.75, 3.05) is 6.61 Å². The number of ether oxygens (including phenoxy) is 1. The molecule has 0 aliphatic rings. The Morgan fingerprint density at radius 2 is 2.31 bits per heavy atom. The van der Waals surface area contributed by atoms with Crippen LogP contribution in [0.15, 0.2) is 10.8 Å². The Morgan fingerprint density at radius 3 is 2.81 bits per heavy atom. The minimum Gasteiger partial charge on any atom is -0.464 e. The van der Waals surface area contributed by atoms with Crippen LogP contribution in [-0.4, -0.2) is 29.5 Å². The number of nitrogens with one attached hydrogen (secondary N) is 1. The molecule has 0 radical (unpaired) electrons. The third-order valence-corrected chi connectivity index (χ3v) is 1.94. The van der Waals surface area contributed by atoms with Gasteiger partial charge in [0.15, 0.2) is 6.39 Å². The number of carbonyl (C=O) groups excluding carboxylic acids is 2. The van der Waals surface area contributed by atoms with E-state index >= 15 is 0 Å². The second-order valence-electron chi connectivity index (χ2n) is 3.21. The summed E-state index contributed by atoms with van der Waals surface area (Å²) >= 11 is 0. The lowest BCUT2D eigenvalue weighted by molar-refractivity contribution is -0.144. The molecule has 1 heterocycles. The van der Waals surface area contributed by atoms with Gasteiger partial charge in [-0.05, 0) is 20.8 Å². The van der Waals surface area contributed by atoms with Gasteiger partial charge >= 0.3 is 5.97 Å². The maximum Gasteiger partial charge on any atom is 0.328 e. The van der Waals surface area contributed by atoms with Crippen LogP contribution >= 0.6 is 0 Å². The molecule has 0 aliphatic heterocycles. The summed E-state index contributed by atoms with van der Waals surface area (Å²) in [6, 6.07) is -0.711. The summed E-state index contributed by atoms with van der Waals surface area (Å²) in [7, 11) is 0. The maximum absolute atomic E-state index is 11.6. The number of carbonyl (C=O) groups is 2. The largest absolute Gasteiger partial charge is 0.464 e. The van der Waals surface area contributed by atoms with Crippen molar-refractivity contribution < 1.29 is 18.7 Å². The van der Waals surface area contributed by atoms with Crippen molar-refractivity contribution in [2.45, 2.75) is 26.8 Å². The summed E-state index contributed by atoms with van der Waals surface area (Å²) in [4.78, 5) is 26.6.